The molecule has 0 radical (unpaired) electrons. The highest BCUT2D eigenvalue weighted by Crippen LogP contribution is 2.25. The van der Waals surface area contributed by atoms with Gasteiger partial charge in [-0.25, -0.2) is 15.0 Å². The number of nitrogens with zero attached hydrogens (tertiary/aromatic N) is 5. The number of carbonyl (C=O) groups is 1. The molecule has 0 spiro atoms. The Bertz CT molecular complexity index is 967. The molecule has 144 valence electrons. The maximum Gasteiger partial charge on any atom is 0.227 e. The van der Waals surface area contributed by atoms with Crippen LogP contribution in [0.15, 0.2) is 49.3 Å². The van der Waals surface area contributed by atoms with Crippen LogP contribution in [0, 0.1) is 12.8 Å². The van der Waals surface area contributed by atoms with Crippen molar-refractivity contribution in [1.82, 2.24) is 19.5 Å². The summed E-state index contributed by atoms with van der Waals surface area (Å²) in [6.07, 6.45) is 8.38. The van der Waals surface area contributed by atoms with Gasteiger partial charge in [0.2, 0.25) is 5.91 Å². The van der Waals surface area contributed by atoms with Crippen LogP contribution < -0.4 is 10.2 Å². The van der Waals surface area contributed by atoms with E-state index < -0.39 is 0 Å². The minimum Gasteiger partial charge on any atom is -0.356 e. The first kappa shape index (κ1) is 18.4. The van der Waals surface area contributed by atoms with Crippen molar-refractivity contribution < 1.29 is 4.79 Å². The van der Waals surface area contributed by atoms with E-state index >= 15 is 0 Å². The van der Waals surface area contributed by atoms with Crippen molar-refractivity contribution in [2.45, 2.75) is 19.8 Å². The summed E-state index contributed by atoms with van der Waals surface area (Å²) >= 11 is 6.05. The minimum absolute atomic E-state index is 0.0235. The molecule has 2 aromatic heterocycles. The van der Waals surface area contributed by atoms with Gasteiger partial charge in [0.1, 0.15) is 24.3 Å². The molecule has 0 unspecified atom stereocenters. The molecule has 1 amide bonds. The van der Waals surface area contributed by atoms with E-state index in [9.17, 15) is 4.79 Å². The van der Waals surface area contributed by atoms with Crippen molar-refractivity contribution in [3.63, 3.8) is 0 Å². The van der Waals surface area contributed by atoms with Gasteiger partial charge in [0.05, 0.1) is 0 Å². The van der Waals surface area contributed by atoms with Gasteiger partial charge in [-0.1, -0.05) is 17.7 Å². The highest BCUT2D eigenvalue weighted by molar-refractivity contribution is 6.31. The second-order valence-corrected chi connectivity index (χ2v) is 7.35. The first-order valence-electron chi connectivity index (χ1n) is 9.22. The molecule has 7 nitrogen and oxygen atoms in total. The third-order valence-corrected chi connectivity index (χ3v) is 5.29. The quantitative estimate of drug-likeness (QED) is 0.730. The first-order chi connectivity index (χ1) is 13.6. The Labute approximate surface area is 168 Å². The van der Waals surface area contributed by atoms with Crippen LogP contribution in [-0.2, 0) is 4.79 Å². The van der Waals surface area contributed by atoms with Gasteiger partial charge in [-0.3, -0.25) is 9.36 Å². The van der Waals surface area contributed by atoms with E-state index in [-0.39, 0.29) is 11.8 Å². The molecule has 1 aromatic carbocycles. The standard InChI is InChI=1S/C20H21ClN6O/c1-14-2-3-16(21)10-17(14)25-20(28)15-4-7-26(8-5-15)18-11-19(24-12-23-18)27-9-6-22-13-27/h2-3,6,9-13,15H,4-5,7-8H2,1H3,(H,25,28). The van der Waals surface area contributed by atoms with Crippen molar-refractivity contribution in [2.75, 3.05) is 23.3 Å². The Kier molecular flexibility index (Phi) is 5.25. The molecule has 28 heavy (non-hydrogen) atoms. The fourth-order valence-electron chi connectivity index (χ4n) is 3.38. The van der Waals surface area contributed by atoms with E-state index in [1.807, 2.05) is 35.9 Å². The zero-order valence-corrected chi connectivity index (χ0v) is 16.3. The average molecular weight is 397 g/mol. The van der Waals surface area contributed by atoms with Crippen molar-refractivity contribution in [3.05, 3.63) is 59.9 Å². The molecule has 8 heteroatoms. The summed E-state index contributed by atoms with van der Waals surface area (Å²) in [4.78, 5) is 27.6. The van der Waals surface area contributed by atoms with Crippen LogP contribution in [-0.4, -0.2) is 38.5 Å². The van der Waals surface area contributed by atoms with E-state index in [1.54, 1.807) is 24.9 Å². The molecular formula is C20H21ClN6O. The lowest BCUT2D eigenvalue weighted by Gasteiger charge is -2.32. The second-order valence-electron chi connectivity index (χ2n) is 6.91. The number of aryl methyl sites for hydroxylation is 1. The molecule has 1 aliphatic heterocycles. The maximum absolute atomic E-state index is 12.7. The van der Waals surface area contributed by atoms with Crippen molar-refractivity contribution in [3.8, 4) is 5.82 Å². The number of hydrogen-bond acceptors (Lipinski definition) is 5. The van der Waals surface area contributed by atoms with E-state index in [0.717, 1.165) is 48.8 Å². The number of imidazole rings is 1. The van der Waals surface area contributed by atoms with E-state index in [0.29, 0.717) is 5.02 Å². The maximum atomic E-state index is 12.7. The molecular weight excluding hydrogens is 376 g/mol. The Morgan fingerprint density at radius 3 is 2.71 bits per heavy atom. The fraction of sp³-hybridized carbons (Fsp3) is 0.300. The SMILES string of the molecule is Cc1ccc(Cl)cc1NC(=O)C1CCN(c2cc(-n3ccnc3)ncn2)CC1. The van der Waals surface area contributed by atoms with E-state index in [1.165, 1.54) is 0 Å². The summed E-state index contributed by atoms with van der Waals surface area (Å²) in [7, 11) is 0. The minimum atomic E-state index is -0.0235. The summed E-state index contributed by atoms with van der Waals surface area (Å²) in [5, 5.41) is 3.64. The van der Waals surface area contributed by atoms with Crippen LogP contribution in [0.5, 0.6) is 0 Å². The topological polar surface area (TPSA) is 75.9 Å². The zero-order chi connectivity index (χ0) is 19.5. The number of hydrogen-bond donors (Lipinski definition) is 1. The van der Waals surface area contributed by atoms with Gasteiger partial charge in [-0.15, -0.1) is 0 Å². The summed E-state index contributed by atoms with van der Waals surface area (Å²) in [5.41, 5.74) is 1.78. The number of carbonyl (C=O) groups excluding carboxylic acids is 1. The van der Waals surface area contributed by atoms with Crippen LogP contribution in [0.25, 0.3) is 5.82 Å². The first-order valence-corrected chi connectivity index (χ1v) is 9.60. The largest absolute Gasteiger partial charge is 0.356 e. The second kappa shape index (κ2) is 7.98. The van der Waals surface area contributed by atoms with Crippen molar-refractivity contribution >= 4 is 29.0 Å². The van der Waals surface area contributed by atoms with Gasteiger partial charge >= 0.3 is 0 Å². The number of anilines is 2. The number of piperidine rings is 1. The number of rotatable bonds is 4. The van der Waals surface area contributed by atoms with E-state index in [2.05, 4.69) is 25.2 Å². The van der Waals surface area contributed by atoms with Gasteiger partial charge in [0, 0.05) is 48.2 Å². The number of nitrogens with one attached hydrogen (secondary N) is 1. The van der Waals surface area contributed by atoms with Gasteiger partial charge in [-0.2, -0.15) is 0 Å². The third-order valence-electron chi connectivity index (χ3n) is 5.05. The molecule has 3 heterocycles. The Morgan fingerprint density at radius 1 is 1.18 bits per heavy atom. The summed E-state index contributed by atoms with van der Waals surface area (Å²) in [6, 6.07) is 7.47. The number of halogens is 1. The normalized spacial score (nSPS) is 14.9. The number of amides is 1. The highest BCUT2D eigenvalue weighted by atomic mass is 35.5. The smallest absolute Gasteiger partial charge is 0.227 e. The predicted molar refractivity (Wildman–Crippen MR) is 109 cm³/mol. The average Bonchev–Trinajstić information content (AvgIpc) is 3.26. The van der Waals surface area contributed by atoms with Crippen LogP contribution >= 0.6 is 11.6 Å². The Hall–Kier alpha value is -2.93. The molecule has 1 N–H and O–H groups in total. The monoisotopic (exact) mass is 396 g/mol. The highest BCUT2D eigenvalue weighted by Gasteiger charge is 2.26. The Balaban J connectivity index is 1.39. The summed E-state index contributed by atoms with van der Waals surface area (Å²) in [6.45, 7) is 3.50. The molecule has 3 aromatic rings. The van der Waals surface area contributed by atoms with Crippen LogP contribution in [0.2, 0.25) is 5.02 Å². The van der Waals surface area contributed by atoms with Crippen molar-refractivity contribution in [2.24, 2.45) is 5.92 Å². The van der Waals surface area contributed by atoms with Crippen molar-refractivity contribution in [1.29, 1.82) is 0 Å². The van der Waals surface area contributed by atoms with Crippen LogP contribution in [0.4, 0.5) is 11.5 Å². The summed E-state index contributed by atoms with van der Waals surface area (Å²) in [5.74, 6) is 1.67. The van der Waals surface area contributed by atoms with Gasteiger partial charge in [-0.05, 0) is 37.5 Å². The van der Waals surface area contributed by atoms with Gasteiger partial charge in [0.25, 0.3) is 0 Å². The lowest BCUT2D eigenvalue weighted by Crippen LogP contribution is -2.38. The van der Waals surface area contributed by atoms with Gasteiger partial charge in [0.15, 0.2) is 0 Å². The molecule has 0 aliphatic carbocycles. The lowest BCUT2D eigenvalue weighted by molar-refractivity contribution is -0.120. The Morgan fingerprint density at radius 2 is 1.96 bits per heavy atom. The molecule has 0 bridgehead atoms. The third kappa shape index (κ3) is 3.99. The van der Waals surface area contributed by atoms with Gasteiger partial charge < -0.3 is 10.2 Å². The molecule has 1 aliphatic rings. The number of benzene rings is 1. The van der Waals surface area contributed by atoms with Crippen LogP contribution in [0.1, 0.15) is 18.4 Å². The molecule has 1 saturated heterocycles. The molecule has 1 fully saturated rings. The molecule has 0 atom stereocenters. The summed E-state index contributed by atoms with van der Waals surface area (Å²) < 4.78 is 1.85. The fourth-order valence-corrected chi connectivity index (χ4v) is 3.55. The predicted octanol–water partition coefficient (Wildman–Crippen LogP) is 3.48. The molecule has 0 saturated carbocycles. The van der Waals surface area contributed by atoms with E-state index in [4.69, 9.17) is 11.6 Å². The lowest BCUT2D eigenvalue weighted by atomic mass is 9.95. The zero-order valence-electron chi connectivity index (χ0n) is 15.5. The number of aromatic nitrogens is 4. The molecule has 4 rings (SSSR count). The van der Waals surface area contributed by atoms with Crippen LogP contribution in [0.3, 0.4) is 0 Å².